The maximum Gasteiger partial charge on any atom is 0.333 e. The monoisotopic (exact) mass is 204 g/mol. The SMILES string of the molecule is C[C@H](C(=O)OC(C)(C)C)C(O)C(=O)O. The van der Waals surface area contributed by atoms with E-state index in [1.807, 2.05) is 0 Å². The normalized spacial score (nSPS) is 15.8. The number of aliphatic hydroxyl groups excluding tert-OH is 1. The second kappa shape index (κ2) is 4.41. The van der Waals surface area contributed by atoms with Crippen LogP contribution in [0.3, 0.4) is 0 Å². The summed E-state index contributed by atoms with van der Waals surface area (Å²) in [5.41, 5.74) is -0.677. The number of aliphatic hydroxyl groups is 1. The van der Waals surface area contributed by atoms with Gasteiger partial charge in [0, 0.05) is 0 Å². The zero-order valence-corrected chi connectivity index (χ0v) is 8.77. The van der Waals surface area contributed by atoms with Crippen LogP contribution >= 0.6 is 0 Å². The summed E-state index contributed by atoms with van der Waals surface area (Å²) in [6.45, 7) is 6.33. The highest BCUT2D eigenvalue weighted by molar-refractivity contribution is 5.82. The van der Waals surface area contributed by atoms with Crippen LogP contribution in [0.1, 0.15) is 27.7 Å². The van der Waals surface area contributed by atoms with Crippen molar-refractivity contribution in [3.63, 3.8) is 0 Å². The Morgan fingerprint density at radius 1 is 1.29 bits per heavy atom. The molecule has 0 amide bonds. The summed E-state index contributed by atoms with van der Waals surface area (Å²) in [6.07, 6.45) is -1.72. The van der Waals surface area contributed by atoms with Gasteiger partial charge in [0.05, 0.1) is 5.92 Å². The van der Waals surface area contributed by atoms with Crippen LogP contribution in [0.5, 0.6) is 0 Å². The van der Waals surface area contributed by atoms with Crippen molar-refractivity contribution in [2.75, 3.05) is 0 Å². The first-order chi connectivity index (χ1) is 6.15. The molecule has 0 aliphatic heterocycles. The van der Waals surface area contributed by atoms with Gasteiger partial charge in [-0.3, -0.25) is 4.79 Å². The lowest BCUT2D eigenvalue weighted by atomic mass is 10.1. The summed E-state index contributed by atoms with van der Waals surface area (Å²) >= 11 is 0. The third-order valence-electron chi connectivity index (χ3n) is 1.51. The van der Waals surface area contributed by atoms with E-state index in [1.54, 1.807) is 20.8 Å². The standard InChI is InChI=1S/C9H16O5/c1-5(6(10)7(11)12)8(13)14-9(2,3)4/h5-6,10H,1-4H3,(H,11,12)/t5-,6?/m0/s1. The van der Waals surface area contributed by atoms with Crippen LogP contribution in [0.2, 0.25) is 0 Å². The number of carbonyl (C=O) groups excluding carboxylic acids is 1. The van der Waals surface area contributed by atoms with Crippen molar-refractivity contribution in [3.05, 3.63) is 0 Å². The molecule has 5 heteroatoms. The van der Waals surface area contributed by atoms with Crippen LogP contribution < -0.4 is 0 Å². The number of aliphatic carboxylic acids is 1. The van der Waals surface area contributed by atoms with E-state index in [0.717, 1.165) is 0 Å². The Labute approximate surface area is 82.7 Å². The predicted octanol–water partition coefficient (Wildman–Crippen LogP) is 0.410. The average Bonchev–Trinajstić information content (AvgIpc) is 1.98. The Bertz CT molecular complexity index is 228. The molecule has 0 aromatic heterocycles. The number of hydrogen-bond donors (Lipinski definition) is 2. The van der Waals surface area contributed by atoms with Crippen LogP contribution in [0.4, 0.5) is 0 Å². The number of esters is 1. The molecule has 1 unspecified atom stereocenters. The van der Waals surface area contributed by atoms with E-state index in [1.165, 1.54) is 6.92 Å². The summed E-state index contributed by atoms with van der Waals surface area (Å²) in [5, 5.41) is 17.5. The minimum atomic E-state index is -1.72. The van der Waals surface area contributed by atoms with Crippen molar-refractivity contribution in [1.29, 1.82) is 0 Å². The molecule has 0 saturated carbocycles. The Morgan fingerprint density at radius 2 is 1.71 bits per heavy atom. The number of ether oxygens (including phenoxy) is 1. The van der Waals surface area contributed by atoms with Gasteiger partial charge in [0.1, 0.15) is 5.60 Å². The van der Waals surface area contributed by atoms with Crippen LogP contribution in [0, 0.1) is 5.92 Å². The van der Waals surface area contributed by atoms with E-state index < -0.39 is 29.6 Å². The molecule has 0 aliphatic carbocycles. The molecule has 0 rings (SSSR count). The zero-order valence-electron chi connectivity index (χ0n) is 8.77. The molecule has 0 fully saturated rings. The van der Waals surface area contributed by atoms with Gasteiger partial charge >= 0.3 is 11.9 Å². The average molecular weight is 204 g/mol. The lowest BCUT2D eigenvalue weighted by Crippen LogP contribution is -2.37. The zero-order chi connectivity index (χ0) is 11.5. The number of hydrogen-bond acceptors (Lipinski definition) is 4. The number of rotatable bonds is 3. The van der Waals surface area contributed by atoms with Crippen molar-refractivity contribution < 1.29 is 24.5 Å². The molecule has 0 aliphatic rings. The number of carboxylic acid groups (broad SMARTS) is 1. The van der Waals surface area contributed by atoms with E-state index >= 15 is 0 Å². The molecule has 2 atom stereocenters. The highest BCUT2D eigenvalue weighted by Crippen LogP contribution is 2.13. The van der Waals surface area contributed by atoms with E-state index in [0.29, 0.717) is 0 Å². The van der Waals surface area contributed by atoms with E-state index in [-0.39, 0.29) is 0 Å². The summed E-state index contributed by atoms with van der Waals surface area (Å²) in [4.78, 5) is 21.6. The van der Waals surface area contributed by atoms with Crippen molar-refractivity contribution in [1.82, 2.24) is 0 Å². The molecule has 0 spiro atoms. The van der Waals surface area contributed by atoms with Gasteiger partial charge in [-0.05, 0) is 27.7 Å². The first kappa shape index (κ1) is 12.9. The quantitative estimate of drug-likeness (QED) is 0.650. The lowest BCUT2D eigenvalue weighted by molar-refractivity contribution is -0.169. The molecule has 0 saturated heterocycles. The number of carboxylic acids is 1. The molecule has 0 heterocycles. The number of carbonyl (C=O) groups is 2. The third kappa shape index (κ3) is 4.23. The second-order valence-corrected chi connectivity index (χ2v) is 4.11. The highest BCUT2D eigenvalue weighted by atomic mass is 16.6. The molecule has 0 radical (unpaired) electrons. The minimum Gasteiger partial charge on any atom is -0.479 e. The smallest absolute Gasteiger partial charge is 0.333 e. The molecular formula is C9H16O5. The molecule has 82 valence electrons. The van der Waals surface area contributed by atoms with Gasteiger partial charge in [0.25, 0.3) is 0 Å². The molecule has 2 N–H and O–H groups in total. The van der Waals surface area contributed by atoms with Crippen LogP contribution in [-0.2, 0) is 14.3 Å². The molecule has 5 nitrogen and oxygen atoms in total. The first-order valence-electron chi connectivity index (χ1n) is 4.29. The molecule has 14 heavy (non-hydrogen) atoms. The fourth-order valence-electron chi connectivity index (χ4n) is 0.737. The summed E-state index contributed by atoms with van der Waals surface area (Å²) in [7, 11) is 0. The molecule has 0 aromatic carbocycles. The molecule has 0 aromatic rings. The Hall–Kier alpha value is -1.10. The van der Waals surface area contributed by atoms with Crippen molar-refractivity contribution in [3.8, 4) is 0 Å². The lowest BCUT2D eigenvalue weighted by Gasteiger charge is -2.23. The fourth-order valence-corrected chi connectivity index (χ4v) is 0.737. The van der Waals surface area contributed by atoms with E-state index in [4.69, 9.17) is 14.9 Å². The van der Waals surface area contributed by atoms with Crippen molar-refractivity contribution in [2.45, 2.75) is 39.4 Å². The Morgan fingerprint density at radius 3 is 2.00 bits per heavy atom. The van der Waals surface area contributed by atoms with Crippen molar-refractivity contribution in [2.24, 2.45) is 5.92 Å². The van der Waals surface area contributed by atoms with Gasteiger partial charge in [-0.2, -0.15) is 0 Å². The van der Waals surface area contributed by atoms with Gasteiger partial charge in [-0.1, -0.05) is 0 Å². The van der Waals surface area contributed by atoms with Crippen molar-refractivity contribution >= 4 is 11.9 Å². The predicted molar refractivity (Wildman–Crippen MR) is 48.7 cm³/mol. The van der Waals surface area contributed by atoms with Crippen LogP contribution in [0.25, 0.3) is 0 Å². The van der Waals surface area contributed by atoms with E-state index in [2.05, 4.69) is 0 Å². The topological polar surface area (TPSA) is 83.8 Å². The maximum absolute atomic E-state index is 11.3. The van der Waals surface area contributed by atoms with E-state index in [9.17, 15) is 9.59 Å². The largest absolute Gasteiger partial charge is 0.479 e. The summed E-state index contributed by atoms with van der Waals surface area (Å²) in [5.74, 6) is -3.21. The van der Waals surface area contributed by atoms with Gasteiger partial charge in [-0.25, -0.2) is 4.79 Å². The Balaban J connectivity index is 4.33. The minimum absolute atomic E-state index is 0.677. The van der Waals surface area contributed by atoms with Gasteiger partial charge in [0.2, 0.25) is 0 Å². The molecular weight excluding hydrogens is 188 g/mol. The third-order valence-corrected chi connectivity index (χ3v) is 1.51. The summed E-state index contributed by atoms with van der Waals surface area (Å²) < 4.78 is 4.91. The van der Waals surface area contributed by atoms with Gasteiger partial charge < -0.3 is 14.9 Å². The second-order valence-electron chi connectivity index (χ2n) is 4.11. The maximum atomic E-state index is 11.3. The fraction of sp³-hybridized carbons (Fsp3) is 0.778. The van der Waals surface area contributed by atoms with Crippen LogP contribution in [-0.4, -0.2) is 33.9 Å². The van der Waals surface area contributed by atoms with Crippen LogP contribution in [0.15, 0.2) is 0 Å². The Kier molecular flexibility index (Phi) is 4.07. The molecule has 0 bridgehead atoms. The highest BCUT2D eigenvalue weighted by Gasteiger charge is 2.31. The van der Waals surface area contributed by atoms with Gasteiger partial charge in [0.15, 0.2) is 6.10 Å². The first-order valence-corrected chi connectivity index (χ1v) is 4.29. The van der Waals surface area contributed by atoms with Gasteiger partial charge in [-0.15, -0.1) is 0 Å². The summed E-state index contributed by atoms with van der Waals surface area (Å²) in [6, 6.07) is 0.